The second kappa shape index (κ2) is 7.51. The molecule has 2 aliphatic rings. The van der Waals surface area contributed by atoms with Crippen LogP contribution >= 0.6 is 0 Å². The van der Waals surface area contributed by atoms with E-state index in [0.29, 0.717) is 40.6 Å². The molecule has 0 radical (unpaired) electrons. The van der Waals surface area contributed by atoms with E-state index < -0.39 is 5.82 Å². The summed E-state index contributed by atoms with van der Waals surface area (Å²) in [7, 11) is 0. The number of hydrogen-bond acceptors (Lipinski definition) is 6. The predicted octanol–water partition coefficient (Wildman–Crippen LogP) is 2.72. The van der Waals surface area contributed by atoms with Gasteiger partial charge in [-0.25, -0.2) is 18.9 Å². The van der Waals surface area contributed by atoms with Crippen LogP contribution in [0.15, 0.2) is 30.6 Å². The van der Waals surface area contributed by atoms with Crippen molar-refractivity contribution in [1.29, 1.82) is 0 Å². The highest BCUT2D eigenvalue weighted by molar-refractivity contribution is 6.03. The summed E-state index contributed by atoms with van der Waals surface area (Å²) in [6.45, 7) is 5.44. The van der Waals surface area contributed by atoms with Gasteiger partial charge in [-0.1, -0.05) is 0 Å². The molecule has 0 unspecified atom stereocenters. The summed E-state index contributed by atoms with van der Waals surface area (Å²) in [5.74, 6) is -0.298. The van der Waals surface area contributed by atoms with Gasteiger partial charge in [0, 0.05) is 43.6 Å². The Bertz CT molecular complexity index is 1390. The smallest absolute Gasteiger partial charge is 0.274 e. The van der Waals surface area contributed by atoms with Gasteiger partial charge in [0.1, 0.15) is 11.5 Å². The third-order valence-corrected chi connectivity index (χ3v) is 6.26. The number of anilines is 2. The number of carbonyl (C=O) groups is 1. The Hall–Kier alpha value is -3.53. The van der Waals surface area contributed by atoms with E-state index in [1.165, 1.54) is 18.9 Å². The number of fused-ring (bicyclic) bond motifs is 2. The zero-order chi connectivity index (χ0) is 22.7. The van der Waals surface area contributed by atoms with E-state index in [9.17, 15) is 9.18 Å². The van der Waals surface area contributed by atoms with Crippen LogP contribution in [0, 0.1) is 19.7 Å². The summed E-state index contributed by atoms with van der Waals surface area (Å²) < 4.78 is 17.6. The predicted molar refractivity (Wildman–Crippen MR) is 122 cm³/mol. The topological polar surface area (TPSA) is 91.9 Å². The quantitative estimate of drug-likeness (QED) is 0.488. The van der Waals surface area contributed by atoms with E-state index in [4.69, 9.17) is 0 Å². The number of rotatable bonds is 5. The van der Waals surface area contributed by atoms with Crippen LogP contribution in [0.1, 0.15) is 41.3 Å². The lowest BCUT2D eigenvalue weighted by molar-refractivity contribution is 0.102. The number of nitrogens with one attached hydrogen (secondary N) is 2. The minimum absolute atomic E-state index is 0.226. The van der Waals surface area contributed by atoms with E-state index in [-0.39, 0.29) is 11.6 Å². The van der Waals surface area contributed by atoms with Gasteiger partial charge in [-0.15, -0.1) is 0 Å². The van der Waals surface area contributed by atoms with E-state index >= 15 is 0 Å². The van der Waals surface area contributed by atoms with Crippen molar-refractivity contribution in [3.63, 3.8) is 0 Å². The van der Waals surface area contributed by atoms with E-state index in [2.05, 4.69) is 30.6 Å². The summed E-state index contributed by atoms with van der Waals surface area (Å²) in [6.07, 6.45) is 6.98. The molecule has 1 atom stereocenters. The summed E-state index contributed by atoms with van der Waals surface area (Å²) in [5, 5.41) is 11.0. The largest absolute Gasteiger partial charge is 0.367 e. The second-order valence-electron chi connectivity index (χ2n) is 9.01. The lowest BCUT2D eigenvalue weighted by Crippen LogP contribution is -2.34. The van der Waals surface area contributed by atoms with Crippen molar-refractivity contribution in [2.45, 2.75) is 45.2 Å². The average Bonchev–Trinajstić information content (AvgIpc) is 3.13. The summed E-state index contributed by atoms with van der Waals surface area (Å²) >= 11 is 0. The van der Waals surface area contributed by atoms with Gasteiger partial charge < -0.3 is 19.9 Å². The minimum atomic E-state index is -0.499. The number of nitrogens with zero attached hydrogens (tertiary/aromatic N) is 6. The van der Waals surface area contributed by atoms with Gasteiger partial charge in [0.05, 0.1) is 17.1 Å². The third-order valence-electron chi connectivity index (χ3n) is 6.26. The van der Waals surface area contributed by atoms with Gasteiger partial charge in [0.15, 0.2) is 17.1 Å². The Morgan fingerprint density at radius 1 is 1.09 bits per heavy atom. The van der Waals surface area contributed by atoms with Crippen molar-refractivity contribution >= 4 is 28.6 Å². The first-order valence-corrected chi connectivity index (χ1v) is 11.3. The third kappa shape index (κ3) is 3.70. The number of imidazole rings is 1. The standard InChI is InChI=1S/C23H25FN8O/c1-13-10-31-12-17(9-18(24)21(31)25-13)28-23(33)20-6-5-19(22-26-14(2)29-32(20)22)30-8-7-16(11-30)27-15-3-4-15/h5-6,9-10,12,15-16,27H,3-4,7-8,11H2,1-2H3,(H,28,33)/t16-/m0/s1. The molecule has 4 aromatic rings. The molecule has 10 heteroatoms. The number of aromatic nitrogens is 5. The molecule has 170 valence electrons. The van der Waals surface area contributed by atoms with Gasteiger partial charge >= 0.3 is 0 Å². The minimum Gasteiger partial charge on any atom is -0.367 e. The van der Waals surface area contributed by atoms with Crippen molar-refractivity contribution in [2.75, 3.05) is 23.3 Å². The first-order valence-electron chi connectivity index (χ1n) is 11.3. The van der Waals surface area contributed by atoms with Crippen LogP contribution < -0.4 is 15.5 Å². The van der Waals surface area contributed by atoms with E-state index in [1.807, 2.05) is 13.0 Å². The highest BCUT2D eigenvalue weighted by Crippen LogP contribution is 2.28. The molecule has 2 N–H and O–H groups in total. The Balaban J connectivity index is 1.29. The molecule has 5 heterocycles. The van der Waals surface area contributed by atoms with Crippen LogP contribution in [-0.4, -0.2) is 55.1 Å². The van der Waals surface area contributed by atoms with Crippen molar-refractivity contribution in [3.05, 3.63) is 53.6 Å². The first kappa shape index (κ1) is 20.1. The molecular formula is C23H25FN8O. The Kier molecular flexibility index (Phi) is 4.58. The van der Waals surface area contributed by atoms with Crippen LogP contribution in [0.4, 0.5) is 15.8 Å². The maximum Gasteiger partial charge on any atom is 0.274 e. The van der Waals surface area contributed by atoms with Gasteiger partial charge in [-0.05, 0) is 45.2 Å². The van der Waals surface area contributed by atoms with E-state index in [0.717, 1.165) is 25.2 Å². The SMILES string of the molecule is Cc1cn2cc(NC(=O)c3ccc(N4CC[C@H](NC5CC5)C4)c4nc(C)nn34)cc(F)c2n1. The Morgan fingerprint density at radius 3 is 2.76 bits per heavy atom. The van der Waals surface area contributed by atoms with Crippen molar-refractivity contribution < 1.29 is 9.18 Å². The molecule has 9 nitrogen and oxygen atoms in total. The molecule has 1 aliphatic carbocycles. The van der Waals surface area contributed by atoms with Crippen LogP contribution in [0.3, 0.4) is 0 Å². The fourth-order valence-electron chi connectivity index (χ4n) is 4.61. The average molecular weight is 449 g/mol. The molecule has 1 saturated heterocycles. The number of aryl methyl sites for hydroxylation is 2. The van der Waals surface area contributed by atoms with Crippen LogP contribution in [0.25, 0.3) is 11.3 Å². The maximum absolute atomic E-state index is 14.4. The first-order chi connectivity index (χ1) is 15.9. The molecule has 1 aliphatic heterocycles. The number of pyridine rings is 2. The fourth-order valence-corrected chi connectivity index (χ4v) is 4.61. The Labute approximate surface area is 189 Å². The monoisotopic (exact) mass is 448 g/mol. The van der Waals surface area contributed by atoms with E-state index in [1.54, 1.807) is 34.3 Å². The fraction of sp³-hybridized carbons (Fsp3) is 0.391. The normalized spacial score (nSPS) is 18.5. The molecule has 2 fully saturated rings. The summed E-state index contributed by atoms with van der Waals surface area (Å²) in [5.41, 5.74) is 3.22. The number of carbonyl (C=O) groups excluding carboxylic acids is 1. The molecule has 6 rings (SSSR count). The molecule has 1 amide bonds. The van der Waals surface area contributed by atoms with Gasteiger partial charge in [-0.3, -0.25) is 4.79 Å². The zero-order valence-corrected chi connectivity index (χ0v) is 18.5. The van der Waals surface area contributed by atoms with Gasteiger partial charge in [-0.2, -0.15) is 5.10 Å². The number of amides is 1. The molecule has 1 saturated carbocycles. The number of hydrogen-bond donors (Lipinski definition) is 2. The zero-order valence-electron chi connectivity index (χ0n) is 18.5. The highest BCUT2D eigenvalue weighted by Gasteiger charge is 2.30. The summed E-state index contributed by atoms with van der Waals surface area (Å²) in [4.78, 5) is 24.2. The Morgan fingerprint density at radius 2 is 1.94 bits per heavy atom. The maximum atomic E-state index is 14.4. The van der Waals surface area contributed by atoms with Crippen LogP contribution in [-0.2, 0) is 0 Å². The second-order valence-corrected chi connectivity index (χ2v) is 9.01. The van der Waals surface area contributed by atoms with Crippen molar-refractivity contribution in [2.24, 2.45) is 0 Å². The molecule has 0 bridgehead atoms. The van der Waals surface area contributed by atoms with Crippen molar-refractivity contribution in [1.82, 2.24) is 29.3 Å². The number of halogens is 1. The molecule has 0 spiro atoms. The molecule has 4 aromatic heterocycles. The highest BCUT2D eigenvalue weighted by atomic mass is 19.1. The van der Waals surface area contributed by atoms with Gasteiger partial charge in [0.25, 0.3) is 5.91 Å². The van der Waals surface area contributed by atoms with Crippen LogP contribution in [0.5, 0.6) is 0 Å². The summed E-state index contributed by atoms with van der Waals surface area (Å²) in [6, 6.07) is 6.10. The van der Waals surface area contributed by atoms with Crippen molar-refractivity contribution in [3.8, 4) is 0 Å². The van der Waals surface area contributed by atoms with Crippen LogP contribution in [0.2, 0.25) is 0 Å². The molecule has 33 heavy (non-hydrogen) atoms. The lowest BCUT2D eigenvalue weighted by Gasteiger charge is -2.20. The molecule has 0 aromatic carbocycles. The molecular weight excluding hydrogens is 423 g/mol. The van der Waals surface area contributed by atoms with Gasteiger partial charge in [0.2, 0.25) is 0 Å². The lowest BCUT2D eigenvalue weighted by atomic mass is 10.2.